The fraction of sp³-hybridized carbons (Fsp3) is 0.619. The van der Waals surface area contributed by atoms with Crippen LogP contribution in [0.15, 0.2) is 35.9 Å². The fourth-order valence-electron chi connectivity index (χ4n) is 4.93. The van der Waals surface area contributed by atoms with Gasteiger partial charge < -0.3 is 0 Å². The zero-order valence-electron chi connectivity index (χ0n) is 15.9. The molecule has 1 aromatic carbocycles. The Morgan fingerprint density at radius 1 is 1.38 bits per heavy atom. The van der Waals surface area contributed by atoms with E-state index >= 15 is 0 Å². The first-order valence-corrected chi connectivity index (χ1v) is 11.6. The van der Waals surface area contributed by atoms with Crippen LogP contribution in [0.2, 0.25) is 5.32 Å². The van der Waals surface area contributed by atoms with Crippen molar-refractivity contribution in [2.45, 2.75) is 63.8 Å². The van der Waals surface area contributed by atoms with Gasteiger partial charge in [-0.3, -0.25) is 0 Å². The number of hydrogen-bond acceptors (Lipinski definition) is 3. The summed E-state index contributed by atoms with van der Waals surface area (Å²) in [5.74, 6) is 1.12. The van der Waals surface area contributed by atoms with Crippen molar-refractivity contribution < 1.29 is 10.0 Å². The van der Waals surface area contributed by atoms with Gasteiger partial charge in [0.25, 0.3) is 0 Å². The first-order valence-electron chi connectivity index (χ1n) is 9.53. The molecule has 5 heteroatoms. The van der Waals surface area contributed by atoms with Crippen molar-refractivity contribution in [1.82, 2.24) is 0 Å². The average molecular weight is 422 g/mol. The van der Waals surface area contributed by atoms with E-state index in [0.717, 1.165) is 41.9 Å². The van der Waals surface area contributed by atoms with Crippen LogP contribution in [0.25, 0.3) is 0 Å². The summed E-state index contributed by atoms with van der Waals surface area (Å²) < 4.78 is 0.894. The summed E-state index contributed by atoms with van der Waals surface area (Å²) in [6.45, 7) is 6.50. The number of nitrogens with zero attached hydrogens (tertiary/aromatic N) is 1. The predicted molar refractivity (Wildman–Crippen MR) is 106 cm³/mol. The fourth-order valence-corrected chi connectivity index (χ4v) is 7.41. The van der Waals surface area contributed by atoms with Crippen LogP contribution in [0.4, 0.5) is 5.69 Å². The molecule has 26 heavy (non-hydrogen) atoms. The van der Waals surface area contributed by atoms with Gasteiger partial charge in [-0.15, -0.1) is 0 Å². The molecule has 0 heterocycles. The number of nitro groups is 1. The van der Waals surface area contributed by atoms with E-state index in [1.54, 1.807) is 12.1 Å². The molecule has 0 aromatic heterocycles. The molecule has 4 nitrogen and oxygen atoms in total. The van der Waals surface area contributed by atoms with E-state index in [1.165, 1.54) is 5.57 Å². The van der Waals surface area contributed by atoms with Crippen molar-refractivity contribution in [1.29, 1.82) is 0 Å². The molecule has 2 aliphatic rings. The van der Waals surface area contributed by atoms with Crippen LogP contribution in [-0.2, 0) is 0 Å². The summed E-state index contributed by atoms with van der Waals surface area (Å²) in [6, 6.07) is 7.15. The van der Waals surface area contributed by atoms with Crippen molar-refractivity contribution >= 4 is 25.1 Å². The van der Waals surface area contributed by atoms with E-state index in [9.17, 15) is 15.2 Å². The molecule has 1 fully saturated rings. The van der Waals surface area contributed by atoms with Crippen LogP contribution in [-0.4, -0.2) is 30.6 Å². The van der Waals surface area contributed by atoms with Gasteiger partial charge in [-0.1, -0.05) is 0 Å². The summed E-state index contributed by atoms with van der Waals surface area (Å²) in [6.07, 6.45) is 7.41. The van der Waals surface area contributed by atoms with E-state index < -0.39 is 5.60 Å². The van der Waals surface area contributed by atoms with Crippen LogP contribution in [0.1, 0.15) is 52.9 Å². The van der Waals surface area contributed by atoms with E-state index in [1.807, 2.05) is 19.1 Å². The number of benzene rings is 1. The van der Waals surface area contributed by atoms with Gasteiger partial charge in [0.05, 0.1) is 0 Å². The third-order valence-corrected chi connectivity index (χ3v) is 9.62. The molecule has 0 aliphatic heterocycles. The Labute approximate surface area is 162 Å². The summed E-state index contributed by atoms with van der Waals surface area (Å²) in [5.41, 5.74) is 0.962. The molecule has 0 unspecified atom stereocenters. The van der Waals surface area contributed by atoms with E-state index in [2.05, 4.69) is 19.9 Å². The van der Waals surface area contributed by atoms with E-state index in [4.69, 9.17) is 0 Å². The van der Waals surface area contributed by atoms with Gasteiger partial charge in [-0.2, -0.15) is 0 Å². The third-order valence-electron chi connectivity index (χ3n) is 6.79. The zero-order chi connectivity index (χ0) is 18.9. The molecule has 0 radical (unpaired) electrons. The van der Waals surface area contributed by atoms with Gasteiger partial charge in [0.2, 0.25) is 0 Å². The molecular formula is C21H29NO3Se. The van der Waals surface area contributed by atoms with Gasteiger partial charge >= 0.3 is 162 Å². The summed E-state index contributed by atoms with van der Waals surface area (Å²) >= 11 is 0.110. The Hall–Kier alpha value is -1.16. The summed E-state index contributed by atoms with van der Waals surface area (Å²) in [7, 11) is 0. The SMILES string of the molecule is CC1=CCC[C@](C)(O)[C@@]12CC[C@@H]([C@H](C)C[Se]c1ccccc1[N+](=O)[O-])C2. The number of hydrogen-bond donors (Lipinski definition) is 1. The van der Waals surface area contributed by atoms with Crippen LogP contribution < -0.4 is 4.46 Å². The van der Waals surface area contributed by atoms with Gasteiger partial charge in [-0.05, 0) is 0 Å². The summed E-state index contributed by atoms with van der Waals surface area (Å²) in [4.78, 5) is 10.9. The maximum atomic E-state index is 11.2. The molecule has 2 aliphatic carbocycles. The monoisotopic (exact) mass is 423 g/mol. The number of para-hydroxylation sites is 1. The van der Waals surface area contributed by atoms with Crippen LogP contribution in [0, 0.1) is 27.4 Å². The predicted octanol–water partition coefficient (Wildman–Crippen LogP) is 4.26. The average Bonchev–Trinajstić information content (AvgIpc) is 3.05. The molecule has 1 spiro atoms. The third kappa shape index (κ3) is 3.49. The molecule has 1 saturated carbocycles. The minimum absolute atomic E-state index is 0.0596. The molecule has 1 N–H and O–H groups in total. The van der Waals surface area contributed by atoms with Gasteiger partial charge in [-0.25, -0.2) is 0 Å². The standard InChI is InChI=1S/C21H29NO3Se/c1-15(14-26-19-9-5-4-8-18(19)22(24)25)17-10-12-21(13-17)16(2)7-6-11-20(21,3)23/h4-5,7-9,15,17,23H,6,10-14H2,1-3H3/t15-,17-,20+,21-/m1/s1. The van der Waals surface area contributed by atoms with Crippen LogP contribution >= 0.6 is 0 Å². The van der Waals surface area contributed by atoms with Crippen LogP contribution in [0.5, 0.6) is 0 Å². The van der Waals surface area contributed by atoms with Crippen LogP contribution in [0.3, 0.4) is 0 Å². The second-order valence-electron chi connectivity index (χ2n) is 8.30. The Balaban J connectivity index is 1.67. The topological polar surface area (TPSA) is 63.4 Å². The molecule has 0 bridgehead atoms. The summed E-state index contributed by atoms with van der Waals surface area (Å²) in [5, 5.41) is 23.3. The quantitative estimate of drug-likeness (QED) is 0.334. The number of nitro benzene ring substituents is 1. The Morgan fingerprint density at radius 2 is 2.12 bits per heavy atom. The van der Waals surface area contributed by atoms with E-state index in [0.29, 0.717) is 11.8 Å². The molecule has 142 valence electrons. The zero-order valence-corrected chi connectivity index (χ0v) is 17.6. The van der Waals surface area contributed by atoms with Crippen molar-refractivity contribution in [3.8, 4) is 0 Å². The molecule has 0 amide bonds. The normalized spacial score (nSPS) is 32.5. The number of rotatable bonds is 5. The molecule has 3 rings (SSSR count). The van der Waals surface area contributed by atoms with Crippen molar-refractivity contribution in [3.05, 3.63) is 46.0 Å². The maximum absolute atomic E-state index is 11.2. The number of allylic oxidation sites excluding steroid dienone is 1. The van der Waals surface area contributed by atoms with Gasteiger partial charge in [0.15, 0.2) is 0 Å². The van der Waals surface area contributed by atoms with Crippen molar-refractivity contribution in [3.63, 3.8) is 0 Å². The Kier molecular flexibility index (Phi) is 5.62. The Morgan fingerprint density at radius 3 is 2.81 bits per heavy atom. The molecular weight excluding hydrogens is 393 g/mol. The van der Waals surface area contributed by atoms with Gasteiger partial charge in [0, 0.05) is 0 Å². The first kappa shape index (κ1) is 19.6. The number of aliphatic hydroxyl groups is 1. The van der Waals surface area contributed by atoms with Crippen molar-refractivity contribution in [2.24, 2.45) is 17.3 Å². The second-order valence-corrected chi connectivity index (χ2v) is 10.5. The van der Waals surface area contributed by atoms with Crippen molar-refractivity contribution in [2.75, 3.05) is 0 Å². The van der Waals surface area contributed by atoms with E-state index in [-0.39, 0.29) is 31.0 Å². The molecule has 1 aromatic rings. The first-order chi connectivity index (χ1) is 12.3. The molecule has 4 atom stereocenters. The second kappa shape index (κ2) is 7.46. The minimum atomic E-state index is -0.607. The van der Waals surface area contributed by atoms with Gasteiger partial charge in [0.1, 0.15) is 0 Å². The Bertz CT molecular complexity index is 715. The molecule has 0 saturated heterocycles.